The molecule has 0 radical (unpaired) electrons. The van der Waals surface area contributed by atoms with E-state index >= 15 is 0 Å². The molecule has 0 saturated carbocycles. The molecule has 0 aliphatic rings. The van der Waals surface area contributed by atoms with Crippen molar-refractivity contribution in [3.63, 3.8) is 0 Å². The first-order chi connectivity index (χ1) is 28.0. The van der Waals surface area contributed by atoms with Crippen molar-refractivity contribution in [3.8, 4) is 0 Å². The molecule has 0 spiro atoms. The fourth-order valence-corrected chi connectivity index (χ4v) is 7.11. The minimum Gasteiger partial charge on any atom is -0.756 e. The van der Waals surface area contributed by atoms with Crippen LogP contribution < -0.4 is 4.89 Å². The monoisotopic (exact) mass is 840 g/mol. The maximum Gasteiger partial charge on any atom is 0.306 e. The summed E-state index contributed by atoms with van der Waals surface area (Å²) in [5.41, 5.74) is 0. The molecule has 0 amide bonds. The number of carbonyl (C=O) groups excluding carboxylic acids is 2. The van der Waals surface area contributed by atoms with Crippen LogP contribution in [-0.4, -0.2) is 70.0 Å². The number of phosphoric acid groups is 1. The molecule has 2 atom stereocenters. The Balaban J connectivity index is 4.32. The van der Waals surface area contributed by atoms with Crippen LogP contribution >= 0.6 is 7.82 Å². The number of unbranched alkanes of at least 4 members (excludes halogenated alkanes) is 23. The lowest BCUT2D eigenvalue weighted by Crippen LogP contribution is -2.37. The van der Waals surface area contributed by atoms with Gasteiger partial charge in [-0.05, 0) is 70.6 Å². The number of phosphoric ester groups is 1. The highest BCUT2D eigenvalue weighted by molar-refractivity contribution is 7.45. The van der Waals surface area contributed by atoms with E-state index in [0.717, 1.165) is 51.4 Å². The average Bonchev–Trinajstić information content (AvgIpc) is 3.17. The lowest BCUT2D eigenvalue weighted by Gasteiger charge is -2.28. The van der Waals surface area contributed by atoms with Crippen molar-refractivity contribution < 1.29 is 42.1 Å². The van der Waals surface area contributed by atoms with E-state index in [1.54, 1.807) is 0 Å². The first-order valence-corrected chi connectivity index (χ1v) is 25.2. The molecule has 58 heavy (non-hydrogen) atoms. The number of carbonyl (C=O) groups is 2. The number of hydrogen-bond acceptors (Lipinski definition) is 8. The molecule has 0 heterocycles. The van der Waals surface area contributed by atoms with Crippen molar-refractivity contribution in [1.82, 2.24) is 0 Å². The molecule has 0 saturated heterocycles. The third-order valence-corrected chi connectivity index (χ3v) is 11.1. The summed E-state index contributed by atoms with van der Waals surface area (Å²) in [5, 5.41) is 0. The number of hydrogen-bond donors (Lipinski definition) is 0. The van der Waals surface area contributed by atoms with Gasteiger partial charge >= 0.3 is 11.9 Å². The molecule has 0 aromatic rings. The number of allylic oxidation sites excluding steroid dienone is 6. The molecule has 0 aliphatic carbocycles. The zero-order valence-electron chi connectivity index (χ0n) is 38.2. The van der Waals surface area contributed by atoms with E-state index in [1.807, 2.05) is 21.1 Å². The van der Waals surface area contributed by atoms with Crippen molar-refractivity contribution in [2.45, 2.75) is 213 Å². The van der Waals surface area contributed by atoms with E-state index in [1.165, 1.54) is 122 Å². The Morgan fingerprint density at radius 2 is 0.931 bits per heavy atom. The normalized spacial score (nSPS) is 13.8. The number of rotatable bonds is 43. The molecule has 9 nitrogen and oxygen atoms in total. The minimum absolute atomic E-state index is 0.0348. The fraction of sp³-hybridized carbons (Fsp3) is 0.833. The molecule has 340 valence electrons. The second-order valence-corrected chi connectivity index (χ2v) is 18.5. The molecule has 0 aromatic carbocycles. The molecular weight excluding hydrogens is 750 g/mol. The van der Waals surface area contributed by atoms with Gasteiger partial charge in [0, 0.05) is 12.8 Å². The Labute approximate surface area is 357 Å². The third kappa shape index (κ3) is 43.8. The van der Waals surface area contributed by atoms with Gasteiger partial charge in [-0.15, -0.1) is 0 Å². The van der Waals surface area contributed by atoms with Crippen LogP contribution in [0, 0.1) is 0 Å². The summed E-state index contributed by atoms with van der Waals surface area (Å²) < 4.78 is 33.9. The van der Waals surface area contributed by atoms with E-state index in [2.05, 4.69) is 50.3 Å². The van der Waals surface area contributed by atoms with Crippen molar-refractivity contribution in [2.75, 3.05) is 47.5 Å². The number of nitrogens with zero attached hydrogens (tertiary/aromatic N) is 1. The number of esters is 2. The second kappa shape index (κ2) is 40.6. The van der Waals surface area contributed by atoms with Gasteiger partial charge < -0.3 is 27.9 Å². The first kappa shape index (κ1) is 56.2. The summed E-state index contributed by atoms with van der Waals surface area (Å²) in [4.78, 5) is 37.6. The Morgan fingerprint density at radius 3 is 1.45 bits per heavy atom. The Kier molecular flexibility index (Phi) is 39.4. The van der Waals surface area contributed by atoms with Gasteiger partial charge in [0.1, 0.15) is 19.8 Å². The summed E-state index contributed by atoms with van der Waals surface area (Å²) in [7, 11) is 1.15. The van der Waals surface area contributed by atoms with Gasteiger partial charge in [-0.1, -0.05) is 159 Å². The van der Waals surface area contributed by atoms with E-state index < -0.39 is 32.5 Å². The highest BCUT2D eigenvalue weighted by Crippen LogP contribution is 2.38. The highest BCUT2D eigenvalue weighted by Gasteiger charge is 2.21. The summed E-state index contributed by atoms with van der Waals surface area (Å²) in [5.74, 6) is -0.861. The lowest BCUT2D eigenvalue weighted by molar-refractivity contribution is -0.870. The van der Waals surface area contributed by atoms with Gasteiger partial charge in [0.25, 0.3) is 7.82 Å². The van der Waals surface area contributed by atoms with E-state index in [0.29, 0.717) is 17.4 Å². The van der Waals surface area contributed by atoms with Gasteiger partial charge in [-0.25, -0.2) is 0 Å². The Bertz CT molecular complexity index is 1090. The van der Waals surface area contributed by atoms with Crippen molar-refractivity contribution in [2.24, 2.45) is 0 Å². The third-order valence-electron chi connectivity index (χ3n) is 10.1. The maximum absolute atomic E-state index is 12.7. The standard InChI is InChI=1S/C48H90NO8P/c1-6-8-10-12-14-16-18-20-22-23-24-25-27-28-30-32-34-36-38-40-47(50)54-44-46(45-56-58(52,53)55-43-42-49(3,4)5)57-48(51)41-39-37-35-33-31-29-26-21-19-17-15-13-11-9-7-2/h14,16,20,22,31,33,46H,6-13,15,17-19,21,23-30,32,34-45H2,1-5H3/b16-14+,22-20+,33-31+/t46-/m1/s1. The number of quaternary nitrogens is 1. The smallest absolute Gasteiger partial charge is 0.306 e. The van der Waals surface area contributed by atoms with Crippen molar-refractivity contribution in [1.29, 1.82) is 0 Å². The maximum atomic E-state index is 12.7. The zero-order chi connectivity index (χ0) is 42.8. The van der Waals surface area contributed by atoms with Crippen LogP contribution in [0.2, 0.25) is 0 Å². The van der Waals surface area contributed by atoms with E-state index in [-0.39, 0.29) is 26.1 Å². The Morgan fingerprint density at radius 1 is 0.534 bits per heavy atom. The lowest BCUT2D eigenvalue weighted by atomic mass is 10.1. The minimum atomic E-state index is -4.63. The van der Waals surface area contributed by atoms with Crippen LogP contribution in [-0.2, 0) is 32.7 Å². The molecule has 0 fully saturated rings. The van der Waals surface area contributed by atoms with Crippen molar-refractivity contribution in [3.05, 3.63) is 36.5 Å². The predicted octanol–water partition coefficient (Wildman–Crippen LogP) is 13.1. The van der Waals surface area contributed by atoms with Crippen LogP contribution in [0.5, 0.6) is 0 Å². The van der Waals surface area contributed by atoms with Crippen LogP contribution in [0.3, 0.4) is 0 Å². The predicted molar refractivity (Wildman–Crippen MR) is 241 cm³/mol. The molecule has 0 N–H and O–H groups in total. The zero-order valence-corrected chi connectivity index (χ0v) is 39.1. The van der Waals surface area contributed by atoms with Crippen LogP contribution in [0.4, 0.5) is 0 Å². The molecule has 0 bridgehead atoms. The van der Waals surface area contributed by atoms with Gasteiger partial charge in [0.05, 0.1) is 27.7 Å². The first-order valence-electron chi connectivity index (χ1n) is 23.7. The van der Waals surface area contributed by atoms with E-state index in [4.69, 9.17) is 18.5 Å². The van der Waals surface area contributed by atoms with Crippen LogP contribution in [0.15, 0.2) is 36.5 Å². The molecule has 0 rings (SSSR count). The summed E-state index contributed by atoms with van der Waals surface area (Å²) in [6.45, 7) is 4.19. The molecule has 1 unspecified atom stereocenters. The second-order valence-electron chi connectivity index (χ2n) is 17.1. The van der Waals surface area contributed by atoms with Crippen LogP contribution in [0.25, 0.3) is 0 Å². The highest BCUT2D eigenvalue weighted by atomic mass is 31.2. The van der Waals surface area contributed by atoms with Crippen LogP contribution in [0.1, 0.15) is 206 Å². The van der Waals surface area contributed by atoms with Gasteiger partial charge in [0.15, 0.2) is 6.10 Å². The molecule has 0 aromatic heterocycles. The molecular formula is C48H90NO8P. The van der Waals surface area contributed by atoms with E-state index in [9.17, 15) is 19.0 Å². The summed E-state index contributed by atoms with van der Waals surface area (Å²) in [6.07, 6.45) is 46.0. The van der Waals surface area contributed by atoms with Crippen molar-refractivity contribution >= 4 is 19.8 Å². The van der Waals surface area contributed by atoms with Gasteiger partial charge in [-0.2, -0.15) is 0 Å². The fourth-order valence-electron chi connectivity index (χ4n) is 6.39. The Hall–Kier alpha value is -1.77. The SMILES string of the molecule is CCCCC/C=C/C/C=C/CCCCCCCCCCCC(=O)OC[C@H](COP(=O)([O-])OCC[N+](C)(C)C)OC(=O)CCCC/C=C/CCCCCCCCCCC. The number of likely N-dealkylation sites (N-methyl/N-ethyl adjacent to an activating group) is 1. The number of ether oxygens (including phenoxy) is 2. The van der Waals surface area contributed by atoms with Gasteiger partial charge in [0.2, 0.25) is 0 Å². The topological polar surface area (TPSA) is 111 Å². The summed E-state index contributed by atoms with van der Waals surface area (Å²) in [6, 6.07) is 0. The average molecular weight is 840 g/mol. The quantitative estimate of drug-likeness (QED) is 0.0196. The molecule has 10 heteroatoms. The van der Waals surface area contributed by atoms with Gasteiger partial charge in [-0.3, -0.25) is 14.2 Å². The summed E-state index contributed by atoms with van der Waals surface area (Å²) >= 11 is 0. The molecule has 0 aliphatic heterocycles. The largest absolute Gasteiger partial charge is 0.756 e.